The third-order valence-corrected chi connectivity index (χ3v) is 3.85. The van der Waals surface area contributed by atoms with Gasteiger partial charge in [0.2, 0.25) is 10.0 Å². The normalized spacial score (nSPS) is 11.3. The molecule has 6 nitrogen and oxygen atoms in total. The van der Waals surface area contributed by atoms with Crippen molar-refractivity contribution in [2.24, 2.45) is 0 Å². The fraction of sp³-hybridized carbons (Fsp3) is 0.308. The zero-order chi connectivity index (χ0) is 16.0. The van der Waals surface area contributed by atoms with E-state index in [9.17, 15) is 17.6 Å². The second kappa shape index (κ2) is 7.30. The molecule has 21 heavy (non-hydrogen) atoms. The zero-order valence-corrected chi connectivity index (χ0v) is 12.2. The molecule has 1 aromatic rings. The lowest BCUT2D eigenvalue weighted by atomic mass is 10.2. The Morgan fingerprint density at radius 1 is 1.48 bits per heavy atom. The first-order valence-corrected chi connectivity index (χ1v) is 7.47. The van der Waals surface area contributed by atoms with Crippen LogP contribution in [0.4, 0.5) is 4.39 Å². The molecule has 0 bridgehead atoms. The van der Waals surface area contributed by atoms with Gasteiger partial charge in [-0.2, -0.15) is 0 Å². The van der Waals surface area contributed by atoms with E-state index < -0.39 is 26.7 Å². The number of hydrogen-bond acceptors (Lipinski definition) is 4. The van der Waals surface area contributed by atoms with Gasteiger partial charge in [-0.15, -0.1) is 0 Å². The minimum Gasteiger partial charge on any atom is -0.478 e. The number of carboxylic acids is 1. The highest BCUT2D eigenvalue weighted by Crippen LogP contribution is 2.15. The van der Waals surface area contributed by atoms with Gasteiger partial charge in [-0.05, 0) is 25.1 Å². The highest BCUT2D eigenvalue weighted by molar-refractivity contribution is 7.89. The number of carboxylic acid groups (broad SMARTS) is 1. The van der Waals surface area contributed by atoms with Crippen LogP contribution >= 0.6 is 0 Å². The number of ether oxygens (including phenoxy) is 1. The van der Waals surface area contributed by atoms with Crippen molar-refractivity contribution in [3.05, 3.63) is 41.7 Å². The molecule has 8 heteroatoms. The van der Waals surface area contributed by atoms with Gasteiger partial charge in [-0.1, -0.05) is 12.2 Å². The van der Waals surface area contributed by atoms with Crippen molar-refractivity contribution in [2.75, 3.05) is 19.8 Å². The number of carbonyl (C=O) groups is 1. The van der Waals surface area contributed by atoms with E-state index in [0.29, 0.717) is 12.7 Å². The van der Waals surface area contributed by atoms with Crippen LogP contribution in [0.2, 0.25) is 0 Å². The molecule has 1 aromatic carbocycles. The maximum atomic E-state index is 13.7. The third kappa shape index (κ3) is 5.25. The van der Waals surface area contributed by atoms with Gasteiger partial charge in [0.1, 0.15) is 10.7 Å². The fourth-order valence-electron chi connectivity index (χ4n) is 1.42. The minimum atomic E-state index is -4.05. The van der Waals surface area contributed by atoms with Gasteiger partial charge in [-0.25, -0.2) is 22.3 Å². The van der Waals surface area contributed by atoms with Crippen molar-refractivity contribution >= 4 is 16.0 Å². The van der Waals surface area contributed by atoms with E-state index in [4.69, 9.17) is 9.84 Å². The van der Waals surface area contributed by atoms with E-state index in [1.54, 1.807) is 6.92 Å². The second-order valence-corrected chi connectivity index (χ2v) is 6.09. The molecule has 0 aromatic heterocycles. The monoisotopic (exact) mass is 317 g/mol. The van der Waals surface area contributed by atoms with Gasteiger partial charge in [0.25, 0.3) is 0 Å². The van der Waals surface area contributed by atoms with Crippen LogP contribution in [-0.2, 0) is 14.8 Å². The fourth-order valence-corrected chi connectivity index (χ4v) is 2.49. The molecule has 1 rings (SSSR count). The highest BCUT2D eigenvalue weighted by Gasteiger charge is 2.19. The second-order valence-electron chi connectivity index (χ2n) is 4.36. The summed E-state index contributed by atoms with van der Waals surface area (Å²) < 4.78 is 44.7. The summed E-state index contributed by atoms with van der Waals surface area (Å²) >= 11 is 0. The van der Waals surface area contributed by atoms with Gasteiger partial charge in [-0.3, -0.25) is 0 Å². The Morgan fingerprint density at radius 3 is 2.67 bits per heavy atom. The molecule has 0 spiro atoms. The van der Waals surface area contributed by atoms with Gasteiger partial charge < -0.3 is 9.84 Å². The SMILES string of the molecule is C=C(C)COCCNS(=O)(=O)c1ccc(C(=O)O)cc1F. The molecule has 2 N–H and O–H groups in total. The number of hydrogen-bond donors (Lipinski definition) is 2. The van der Waals surface area contributed by atoms with Gasteiger partial charge in [0, 0.05) is 6.54 Å². The van der Waals surface area contributed by atoms with Crippen molar-refractivity contribution < 1.29 is 27.4 Å². The zero-order valence-electron chi connectivity index (χ0n) is 11.4. The lowest BCUT2D eigenvalue weighted by molar-refractivity contribution is 0.0696. The Kier molecular flexibility index (Phi) is 6.01. The molecule has 116 valence electrons. The quantitative estimate of drug-likeness (QED) is 0.558. The summed E-state index contributed by atoms with van der Waals surface area (Å²) in [6.07, 6.45) is 0. The summed E-state index contributed by atoms with van der Waals surface area (Å²) in [5.74, 6) is -2.45. The molecule has 0 unspecified atom stereocenters. The van der Waals surface area contributed by atoms with E-state index in [-0.39, 0.29) is 18.7 Å². The first-order chi connectivity index (χ1) is 9.74. The molecule has 0 atom stereocenters. The third-order valence-electron chi connectivity index (χ3n) is 2.36. The number of aromatic carboxylic acids is 1. The van der Waals surface area contributed by atoms with Crippen molar-refractivity contribution in [3.63, 3.8) is 0 Å². The average Bonchev–Trinajstić information content (AvgIpc) is 2.37. The molecule has 0 aliphatic carbocycles. The van der Waals surface area contributed by atoms with E-state index in [2.05, 4.69) is 11.3 Å². The molecule has 0 heterocycles. The molecule has 0 radical (unpaired) electrons. The Labute approximate surface area is 122 Å². The van der Waals surface area contributed by atoms with Crippen LogP contribution < -0.4 is 4.72 Å². The van der Waals surface area contributed by atoms with Gasteiger partial charge >= 0.3 is 5.97 Å². The maximum absolute atomic E-state index is 13.7. The number of benzene rings is 1. The van der Waals surface area contributed by atoms with Crippen molar-refractivity contribution in [2.45, 2.75) is 11.8 Å². The number of nitrogens with one attached hydrogen (secondary N) is 1. The van der Waals surface area contributed by atoms with E-state index in [1.807, 2.05) is 0 Å². The molecular weight excluding hydrogens is 301 g/mol. The Balaban J connectivity index is 2.70. The van der Waals surface area contributed by atoms with Crippen LogP contribution in [-0.4, -0.2) is 39.3 Å². The summed E-state index contributed by atoms with van der Waals surface area (Å²) in [7, 11) is -4.05. The van der Waals surface area contributed by atoms with Crippen LogP contribution in [0.1, 0.15) is 17.3 Å². The Bertz CT molecular complexity index is 642. The summed E-state index contributed by atoms with van der Waals surface area (Å²) in [6, 6.07) is 2.60. The van der Waals surface area contributed by atoms with Crippen molar-refractivity contribution in [1.29, 1.82) is 0 Å². The molecule has 0 saturated heterocycles. The molecule has 0 amide bonds. The summed E-state index contributed by atoms with van der Waals surface area (Å²) in [5.41, 5.74) is 0.476. The van der Waals surface area contributed by atoms with E-state index in [0.717, 1.165) is 17.7 Å². The minimum absolute atomic E-state index is 0.0320. The molecule has 0 saturated carbocycles. The van der Waals surface area contributed by atoms with E-state index >= 15 is 0 Å². The smallest absolute Gasteiger partial charge is 0.335 e. The van der Waals surface area contributed by atoms with Crippen molar-refractivity contribution in [3.8, 4) is 0 Å². The first-order valence-electron chi connectivity index (χ1n) is 5.98. The van der Waals surface area contributed by atoms with Crippen LogP contribution in [0.15, 0.2) is 35.2 Å². The lowest BCUT2D eigenvalue weighted by Crippen LogP contribution is -2.28. The average molecular weight is 317 g/mol. The van der Waals surface area contributed by atoms with Crippen LogP contribution in [0, 0.1) is 5.82 Å². The maximum Gasteiger partial charge on any atom is 0.335 e. The number of sulfonamides is 1. The largest absolute Gasteiger partial charge is 0.478 e. The van der Waals surface area contributed by atoms with E-state index in [1.165, 1.54) is 0 Å². The van der Waals surface area contributed by atoms with Gasteiger partial charge in [0.05, 0.1) is 18.8 Å². The number of halogens is 1. The predicted molar refractivity (Wildman–Crippen MR) is 74.2 cm³/mol. The standard InChI is InChI=1S/C13H16FNO5S/c1-9(2)8-20-6-5-15-21(18,19)12-4-3-10(13(16)17)7-11(12)14/h3-4,7,15H,1,5-6,8H2,2H3,(H,16,17). The lowest BCUT2D eigenvalue weighted by Gasteiger charge is -2.08. The predicted octanol–water partition coefficient (Wildman–Crippen LogP) is 1.39. The van der Waals surface area contributed by atoms with Crippen molar-refractivity contribution in [1.82, 2.24) is 4.72 Å². The van der Waals surface area contributed by atoms with Gasteiger partial charge in [0.15, 0.2) is 0 Å². The molecule has 0 fully saturated rings. The topological polar surface area (TPSA) is 92.7 Å². The first kappa shape index (κ1) is 17.3. The Hall–Kier alpha value is -1.77. The summed E-state index contributed by atoms with van der Waals surface area (Å²) in [4.78, 5) is 10.1. The number of rotatable bonds is 8. The molecular formula is C13H16FNO5S. The summed E-state index contributed by atoms with van der Waals surface area (Å²) in [6.45, 7) is 5.78. The molecule has 0 aliphatic rings. The summed E-state index contributed by atoms with van der Waals surface area (Å²) in [5, 5.41) is 8.69. The van der Waals surface area contributed by atoms with Crippen LogP contribution in [0.25, 0.3) is 0 Å². The highest BCUT2D eigenvalue weighted by atomic mass is 32.2. The van der Waals surface area contributed by atoms with Crippen LogP contribution in [0.3, 0.4) is 0 Å². The Morgan fingerprint density at radius 2 is 2.14 bits per heavy atom. The van der Waals surface area contributed by atoms with Crippen LogP contribution in [0.5, 0.6) is 0 Å². The molecule has 0 aliphatic heterocycles.